The van der Waals surface area contributed by atoms with Gasteiger partial charge in [0.1, 0.15) is 5.60 Å². The summed E-state index contributed by atoms with van der Waals surface area (Å²) in [5.41, 5.74) is 0.599. The van der Waals surface area contributed by atoms with Crippen molar-refractivity contribution in [2.75, 3.05) is 20.1 Å². The van der Waals surface area contributed by atoms with Gasteiger partial charge in [-0.2, -0.15) is 5.10 Å². The molecule has 2 N–H and O–H groups in total. The highest BCUT2D eigenvalue weighted by Gasteiger charge is 2.27. The number of aromatic nitrogens is 2. The van der Waals surface area contributed by atoms with Gasteiger partial charge in [-0.15, -0.1) is 24.0 Å². The van der Waals surface area contributed by atoms with E-state index in [-0.39, 0.29) is 36.1 Å². The van der Waals surface area contributed by atoms with Crippen LogP contribution in [0, 0.1) is 0 Å². The molecule has 8 nitrogen and oxygen atoms in total. The summed E-state index contributed by atoms with van der Waals surface area (Å²) in [6, 6.07) is 2.03. The zero-order valence-corrected chi connectivity index (χ0v) is 17.9. The van der Waals surface area contributed by atoms with Crippen LogP contribution in [0.5, 0.6) is 0 Å². The largest absolute Gasteiger partial charge is 0.444 e. The zero-order chi connectivity index (χ0) is 17.7. The number of guanidine groups is 1. The SMILES string of the molecule is CN=C(NCc1ccnn1C)N1CCC(NC(=O)OC(C)(C)C)C1.I. The fraction of sp³-hybridized carbons (Fsp3) is 0.688. The Labute approximate surface area is 166 Å². The Morgan fingerprint density at radius 1 is 1.48 bits per heavy atom. The molecule has 0 radical (unpaired) electrons. The summed E-state index contributed by atoms with van der Waals surface area (Å²) in [5.74, 6) is 0.824. The molecule has 0 spiro atoms. The second-order valence-electron chi connectivity index (χ2n) is 6.92. The molecule has 1 unspecified atom stereocenters. The minimum atomic E-state index is -0.483. The van der Waals surface area contributed by atoms with Gasteiger partial charge in [-0.3, -0.25) is 9.67 Å². The number of hydrogen-bond acceptors (Lipinski definition) is 4. The van der Waals surface area contributed by atoms with Crippen LogP contribution in [-0.4, -0.2) is 58.5 Å². The van der Waals surface area contributed by atoms with Crippen LogP contribution < -0.4 is 10.6 Å². The number of halogens is 1. The topological polar surface area (TPSA) is 83.8 Å². The molecule has 1 amide bonds. The molecule has 0 bridgehead atoms. The number of carbonyl (C=O) groups excluding carboxylic acids is 1. The highest BCUT2D eigenvalue weighted by atomic mass is 127. The van der Waals surface area contributed by atoms with Gasteiger partial charge in [-0.1, -0.05) is 0 Å². The molecule has 1 aromatic rings. The molecule has 9 heteroatoms. The lowest BCUT2D eigenvalue weighted by molar-refractivity contribution is 0.0507. The number of aliphatic imine (C=N–C) groups is 1. The van der Waals surface area contributed by atoms with Gasteiger partial charge in [0.15, 0.2) is 5.96 Å². The fourth-order valence-electron chi connectivity index (χ4n) is 2.62. The van der Waals surface area contributed by atoms with E-state index in [0.29, 0.717) is 13.1 Å². The third-order valence-electron chi connectivity index (χ3n) is 3.77. The number of carbonyl (C=O) groups is 1. The molecular weight excluding hydrogens is 435 g/mol. The number of ether oxygens (including phenoxy) is 1. The number of rotatable bonds is 3. The van der Waals surface area contributed by atoms with Crippen LogP contribution >= 0.6 is 24.0 Å². The first kappa shape index (κ1) is 21.5. The molecule has 2 rings (SSSR count). The van der Waals surface area contributed by atoms with Crippen molar-refractivity contribution in [1.29, 1.82) is 0 Å². The summed E-state index contributed by atoms with van der Waals surface area (Å²) in [6.07, 6.45) is 2.27. The van der Waals surface area contributed by atoms with Gasteiger partial charge in [0.2, 0.25) is 0 Å². The fourth-order valence-corrected chi connectivity index (χ4v) is 2.62. The van der Waals surface area contributed by atoms with Gasteiger partial charge in [0, 0.05) is 33.4 Å². The van der Waals surface area contributed by atoms with E-state index < -0.39 is 5.60 Å². The lowest BCUT2D eigenvalue weighted by Crippen LogP contribution is -2.44. The molecule has 1 aromatic heterocycles. The van der Waals surface area contributed by atoms with Crippen LogP contribution in [0.25, 0.3) is 0 Å². The van der Waals surface area contributed by atoms with Crippen molar-refractivity contribution >= 4 is 36.0 Å². The third-order valence-corrected chi connectivity index (χ3v) is 3.77. The van der Waals surface area contributed by atoms with E-state index in [1.54, 1.807) is 13.2 Å². The normalized spacial score (nSPS) is 17.9. The van der Waals surface area contributed by atoms with Gasteiger partial charge in [-0.25, -0.2) is 4.79 Å². The number of hydrogen-bond donors (Lipinski definition) is 2. The van der Waals surface area contributed by atoms with E-state index in [0.717, 1.165) is 24.6 Å². The quantitative estimate of drug-likeness (QED) is 0.405. The first-order valence-corrected chi connectivity index (χ1v) is 8.20. The highest BCUT2D eigenvalue weighted by Crippen LogP contribution is 2.12. The summed E-state index contributed by atoms with van der Waals surface area (Å²) >= 11 is 0. The van der Waals surface area contributed by atoms with Gasteiger partial charge in [0.05, 0.1) is 18.3 Å². The van der Waals surface area contributed by atoms with Crippen molar-refractivity contribution < 1.29 is 9.53 Å². The van der Waals surface area contributed by atoms with Crippen molar-refractivity contribution in [1.82, 2.24) is 25.3 Å². The highest BCUT2D eigenvalue weighted by molar-refractivity contribution is 14.0. The van der Waals surface area contributed by atoms with Crippen LogP contribution in [0.15, 0.2) is 17.3 Å². The monoisotopic (exact) mass is 464 g/mol. The Kier molecular flexibility index (Phi) is 7.97. The van der Waals surface area contributed by atoms with Crippen molar-refractivity contribution in [2.24, 2.45) is 12.0 Å². The van der Waals surface area contributed by atoms with E-state index in [1.807, 2.05) is 38.6 Å². The number of alkyl carbamates (subject to hydrolysis) is 1. The summed E-state index contributed by atoms with van der Waals surface area (Å²) in [7, 11) is 3.68. The predicted octanol–water partition coefficient (Wildman–Crippen LogP) is 1.71. The maximum atomic E-state index is 11.9. The van der Waals surface area contributed by atoms with Crippen molar-refractivity contribution in [2.45, 2.75) is 45.4 Å². The first-order valence-electron chi connectivity index (χ1n) is 8.20. The maximum absolute atomic E-state index is 11.9. The molecule has 1 fully saturated rings. The molecule has 0 aliphatic carbocycles. The molecule has 2 heterocycles. The minimum Gasteiger partial charge on any atom is -0.444 e. The van der Waals surface area contributed by atoms with Crippen molar-refractivity contribution in [3.8, 4) is 0 Å². The molecule has 0 saturated carbocycles. The number of likely N-dealkylation sites (tertiary alicyclic amines) is 1. The van der Waals surface area contributed by atoms with Crippen LogP contribution in [0.4, 0.5) is 4.79 Å². The van der Waals surface area contributed by atoms with Crippen molar-refractivity contribution in [3.05, 3.63) is 18.0 Å². The molecule has 1 atom stereocenters. The molecule has 1 aliphatic rings. The van der Waals surface area contributed by atoms with Crippen molar-refractivity contribution in [3.63, 3.8) is 0 Å². The Hall–Kier alpha value is -1.52. The van der Waals surface area contributed by atoms with Crippen LogP contribution in [-0.2, 0) is 18.3 Å². The maximum Gasteiger partial charge on any atom is 0.407 e. The van der Waals surface area contributed by atoms with E-state index in [1.165, 1.54) is 0 Å². The standard InChI is InChI=1S/C16H28N6O2.HI/c1-16(2,3)24-15(23)20-12-7-9-22(11-12)14(17-4)18-10-13-6-8-19-21(13)5;/h6,8,12H,7,9-11H2,1-5H3,(H,17,18)(H,20,23);1H. The Bertz CT molecular complexity index is 596. The summed E-state index contributed by atoms with van der Waals surface area (Å²) in [4.78, 5) is 18.3. The number of amides is 1. The minimum absolute atomic E-state index is 0. The van der Waals surface area contributed by atoms with E-state index in [2.05, 4.69) is 25.6 Å². The molecular formula is C16H29IN6O2. The number of nitrogens with zero attached hydrogens (tertiary/aromatic N) is 4. The van der Waals surface area contributed by atoms with Gasteiger partial charge in [-0.05, 0) is 33.3 Å². The summed E-state index contributed by atoms with van der Waals surface area (Å²) in [5, 5.41) is 10.4. The number of aryl methyl sites for hydroxylation is 1. The van der Waals surface area contributed by atoms with Crippen LogP contribution in [0.2, 0.25) is 0 Å². The van der Waals surface area contributed by atoms with Crippen LogP contribution in [0.3, 0.4) is 0 Å². The second-order valence-corrected chi connectivity index (χ2v) is 6.92. The Balaban J connectivity index is 0.00000312. The first-order chi connectivity index (χ1) is 11.3. The second kappa shape index (κ2) is 9.25. The lowest BCUT2D eigenvalue weighted by atomic mass is 10.2. The van der Waals surface area contributed by atoms with E-state index in [9.17, 15) is 4.79 Å². The number of nitrogens with one attached hydrogen (secondary N) is 2. The molecule has 1 saturated heterocycles. The van der Waals surface area contributed by atoms with E-state index in [4.69, 9.17) is 4.74 Å². The molecule has 1 aliphatic heterocycles. The van der Waals surface area contributed by atoms with Crippen LogP contribution in [0.1, 0.15) is 32.9 Å². The summed E-state index contributed by atoms with van der Waals surface area (Å²) in [6.45, 7) is 7.78. The Morgan fingerprint density at radius 2 is 2.20 bits per heavy atom. The van der Waals surface area contributed by atoms with Gasteiger partial charge < -0.3 is 20.3 Å². The smallest absolute Gasteiger partial charge is 0.407 e. The molecule has 0 aromatic carbocycles. The lowest BCUT2D eigenvalue weighted by Gasteiger charge is -2.23. The molecule has 25 heavy (non-hydrogen) atoms. The summed E-state index contributed by atoms with van der Waals surface area (Å²) < 4.78 is 7.14. The third kappa shape index (κ3) is 6.71. The average molecular weight is 464 g/mol. The van der Waals surface area contributed by atoms with Gasteiger partial charge >= 0.3 is 6.09 Å². The molecule has 142 valence electrons. The zero-order valence-electron chi connectivity index (χ0n) is 15.6. The van der Waals surface area contributed by atoms with Gasteiger partial charge in [0.25, 0.3) is 0 Å². The predicted molar refractivity (Wildman–Crippen MR) is 108 cm³/mol. The van der Waals surface area contributed by atoms with E-state index >= 15 is 0 Å². The Morgan fingerprint density at radius 3 is 2.76 bits per heavy atom. The average Bonchev–Trinajstić information content (AvgIpc) is 3.07.